The van der Waals surface area contributed by atoms with Gasteiger partial charge in [-0.25, -0.2) is 0 Å². The zero-order valence-corrected chi connectivity index (χ0v) is 12.6. The minimum absolute atomic E-state index is 0.00118. The molecule has 1 unspecified atom stereocenters. The van der Waals surface area contributed by atoms with Crippen LogP contribution in [-0.2, 0) is 4.79 Å². The number of nitrogens with one attached hydrogen (secondary N) is 1. The van der Waals surface area contributed by atoms with E-state index in [-0.39, 0.29) is 11.9 Å². The number of carbonyl (C=O) groups is 1. The molecule has 0 aliphatic rings. The van der Waals surface area contributed by atoms with Crippen molar-refractivity contribution >= 4 is 23.3 Å². The molecule has 3 aromatic rings. The van der Waals surface area contributed by atoms with Crippen LogP contribution in [0.2, 0.25) is 0 Å². The first-order valence-electron chi connectivity index (χ1n) is 6.83. The Morgan fingerprint density at radius 3 is 3.09 bits per heavy atom. The highest BCUT2D eigenvalue weighted by Crippen LogP contribution is 2.21. The molecule has 0 bridgehead atoms. The number of amides is 1. The molecule has 22 heavy (non-hydrogen) atoms. The number of hydrogen-bond acceptors (Lipinski definition) is 4. The summed E-state index contributed by atoms with van der Waals surface area (Å²) >= 11 is 1.65. The lowest BCUT2D eigenvalue weighted by molar-refractivity contribution is -0.116. The predicted octanol–water partition coefficient (Wildman–Crippen LogP) is 2.96. The molecular weight excluding hydrogens is 298 g/mol. The van der Waals surface area contributed by atoms with Crippen LogP contribution < -0.4 is 5.32 Å². The molecule has 1 amide bonds. The van der Waals surface area contributed by atoms with E-state index < -0.39 is 0 Å². The Labute approximate surface area is 131 Å². The minimum atomic E-state index is -0.144. The molecular formula is C16H15N3O2S. The van der Waals surface area contributed by atoms with Gasteiger partial charge in [-0.15, -0.1) is 11.3 Å². The first kappa shape index (κ1) is 14.3. The lowest BCUT2D eigenvalue weighted by Crippen LogP contribution is -2.30. The number of nitrogens with zero attached hydrogens (tertiary/aromatic N) is 2. The van der Waals surface area contributed by atoms with Gasteiger partial charge in [-0.2, -0.15) is 5.10 Å². The van der Waals surface area contributed by atoms with Crippen molar-refractivity contribution in [1.82, 2.24) is 15.1 Å². The molecule has 3 heterocycles. The quantitative estimate of drug-likeness (QED) is 0.712. The lowest BCUT2D eigenvalue weighted by atomic mass is 10.2. The molecule has 5 nitrogen and oxygen atoms in total. The molecule has 0 aliphatic carbocycles. The van der Waals surface area contributed by atoms with Gasteiger partial charge in [0.25, 0.3) is 0 Å². The van der Waals surface area contributed by atoms with E-state index in [1.807, 2.05) is 34.5 Å². The highest BCUT2D eigenvalue weighted by Gasteiger charge is 2.15. The van der Waals surface area contributed by atoms with Crippen molar-refractivity contribution < 1.29 is 9.21 Å². The fourth-order valence-corrected chi connectivity index (χ4v) is 2.89. The molecule has 0 aromatic carbocycles. The molecule has 1 N–H and O–H groups in total. The summed E-state index contributed by atoms with van der Waals surface area (Å²) in [5.41, 5.74) is 0.858. The van der Waals surface area contributed by atoms with E-state index in [1.165, 1.54) is 6.08 Å². The smallest absolute Gasteiger partial charge is 0.244 e. The number of carbonyl (C=O) groups excluding carboxylic acids is 1. The van der Waals surface area contributed by atoms with E-state index in [0.29, 0.717) is 6.54 Å². The average Bonchev–Trinajstić information content (AvgIpc) is 3.27. The van der Waals surface area contributed by atoms with E-state index >= 15 is 0 Å². The van der Waals surface area contributed by atoms with Crippen LogP contribution in [0.4, 0.5) is 0 Å². The fourth-order valence-electron chi connectivity index (χ4n) is 2.07. The SMILES string of the molecule is O=C(/C=C/c1ccoc1)NCC(c1cccs1)n1cccn1. The van der Waals surface area contributed by atoms with Crippen LogP contribution in [0.3, 0.4) is 0 Å². The van der Waals surface area contributed by atoms with Crippen LogP contribution in [0.15, 0.2) is 65.1 Å². The van der Waals surface area contributed by atoms with Gasteiger partial charge in [0.05, 0.1) is 12.5 Å². The van der Waals surface area contributed by atoms with Crippen molar-refractivity contribution in [3.8, 4) is 0 Å². The summed E-state index contributed by atoms with van der Waals surface area (Å²) in [6.45, 7) is 0.483. The highest BCUT2D eigenvalue weighted by atomic mass is 32.1. The summed E-state index contributed by atoms with van der Waals surface area (Å²) < 4.78 is 6.80. The molecule has 6 heteroatoms. The summed E-state index contributed by atoms with van der Waals surface area (Å²) in [7, 11) is 0. The van der Waals surface area contributed by atoms with Crippen molar-refractivity contribution in [2.75, 3.05) is 6.54 Å². The second-order valence-corrected chi connectivity index (χ2v) is 5.63. The normalized spacial score (nSPS) is 12.5. The first-order chi connectivity index (χ1) is 10.8. The maximum Gasteiger partial charge on any atom is 0.244 e. The van der Waals surface area contributed by atoms with Gasteiger partial charge in [-0.3, -0.25) is 9.48 Å². The number of rotatable bonds is 6. The van der Waals surface area contributed by atoms with Crippen LogP contribution >= 0.6 is 11.3 Å². The number of aromatic nitrogens is 2. The Kier molecular flexibility index (Phi) is 4.50. The molecule has 1 atom stereocenters. The number of furan rings is 1. The molecule has 0 radical (unpaired) electrons. The second kappa shape index (κ2) is 6.91. The van der Waals surface area contributed by atoms with Crippen LogP contribution in [-0.4, -0.2) is 22.2 Å². The Morgan fingerprint density at radius 1 is 1.45 bits per heavy atom. The molecule has 0 aliphatic heterocycles. The van der Waals surface area contributed by atoms with Gasteiger partial charge >= 0.3 is 0 Å². The van der Waals surface area contributed by atoms with Crippen molar-refractivity contribution in [2.24, 2.45) is 0 Å². The third-order valence-electron chi connectivity index (χ3n) is 3.16. The summed E-state index contributed by atoms with van der Waals surface area (Å²) in [6, 6.07) is 7.71. The largest absolute Gasteiger partial charge is 0.472 e. The van der Waals surface area contributed by atoms with Gasteiger partial charge in [-0.1, -0.05) is 6.07 Å². The van der Waals surface area contributed by atoms with Crippen molar-refractivity contribution in [2.45, 2.75) is 6.04 Å². The molecule has 3 rings (SSSR count). The molecule has 0 fully saturated rings. The van der Waals surface area contributed by atoms with Crippen LogP contribution in [0.1, 0.15) is 16.5 Å². The van der Waals surface area contributed by atoms with Crippen LogP contribution in [0.25, 0.3) is 6.08 Å². The average molecular weight is 313 g/mol. The third kappa shape index (κ3) is 3.53. The molecule has 0 saturated heterocycles. The molecule has 0 saturated carbocycles. The van der Waals surface area contributed by atoms with E-state index in [1.54, 1.807) is 42.2 Å². The van der Waals surface area contributed by atoms with Crippen molar-refractivity contribution in [3.05, 3.63) is 71.1 Å². The van der Waals surface area contributed by atoms with Gasteiger partial charge in [0.15, 0.2) is 0 Å². The summed E-state index contributed by atoms with van der Waals surface area (Å²) in [5, 5.41) is 9.21. The Morgan fingerprint density at radius 2 is 2.41 bits per heavy atom. The molecule has 3 aromatic heterocycles. The van der Waals surface area contributed by atoms with E-state index in [9.17, 15) is 4.79 Å². The van der Waals surface area contributed by atoms with E-state index in [0.717, 1.165) is 10.4 Å². The van der Waals surface area contributed by atoms with Crippen LogP contribution in [0, 0.1) is 0 Å². The first-order valence-corrected chi connectivity index (χ1v) is 7.71. The van der Waals surface area contributed by atoms with Crippen molar-refractivity contribution in [1.29, 1.82) is 0 Å². The minimum Gasteiger partial charge on any atom is -0.472 e. The van der Waals surface area contributed by atoms with Gasteiger partial charge in [0, 0.05) is 35.5 Å². The monoisotopic (exact) mass is 313 g/mol. The third-order valence-corrected chi connectivity index (χ3v) is 4.13. The lowest BCUT2D eigenvalue weighted by Gasteiger charge is -2.16. The Hall–Kier alpha value is -2.60. The number of thiophene rings is 1. The molecule has 112 valence electrons. The number of hydrogen-bond donors (Lipinski definition) is 1. The predicted molar refractivity (Wildman–Crippen MR) is 85.4 cm³/mol. The summed E-state index contributed by atoms with van der Waals surface area (Å²) in [6.07, 6.45) is 10.0. The van der Waals surface area contributed by atoms with Gasteiger partial charge in [-0.05, 0) is 29.7 Å². The van der Waals surface area contributed by atoms with E-state index in [4.69, 9.17) is 4.42 Å². The van der Waals surface area contributed by atoms with E-state index in [2.05, 4.69) is 10.4 Å². The summed E-state index contributed by atoms with van der Waals surface area (Å²) in [5.74, 6) is -0.144. The fraction of sp³-hybridized carbons (Fsp3) is 0.125. The Bertz CT molecular complexity index is 681. The maximum absolute atomic E-state index is 11.9. The van der Waals surface area contributed by atoms with Gasteiger partial charge in [0.1, 0.15) is 6.04 Å². The van der Waals surface area contributed by atoms with Gasteiger partial charge in [0.2, 0.25) is 5.91 Å². The van der Waals surface area contributed by atoms with Crippen LogP contribution in [0.5, 0.6) is 0 Å². The van der Waals surface area contributed by atoms with Gasteiger partial charge < -0.3 is 9.73 Å². The standard InChI is InChI=1S/C16H15N3O2S/c20-16(5-4-13-6-9-21-12-13)17-11-14(15-3-1-10-22-15)19-8-2-7-18-19/h1-10,12,14H,11H2,(H,17,20)/b5-4+. The highest BCUT2D eigenvalue weighted by molar-refractivity contribution is 7.10. The van der Waals surface area contributed by atoms with Crippen molar-refractivity contribution in [3.63, 3.8) is 0 Å². The molecule has 0 spiro atoms. The zero-order valence-electron chi connectivity index (χ0n) is 11.8. The zero-order chi connectivity index (χ0) is 15.2. The second-order valence-electron chi connectivity index (χ2n) is 4.65. The summed E-state index contributed by atoms with van der Waals surface area (Å²) in [4.78, 5) is 13.1. The Balaban J connectivity index is 1.63. The maximum atomic E-state index is 11.9. The topological polar surface area (TPSA) is 60.1 Å².